The molecule has 0 aliphatic heterocycles. The minimum atomic E-state index is -1.15. The summed E-state index contributed by atoms with van der Waals surface area (Å²) in [5, 5.41) is 0. The van der Waals surface area contributed by atoms with Crippen molar-refractivity contribution in [2.45, 2.75) is 56.6 Å². The molecule has 4 unspecified atom stereocenters. The first-order chi connectivity index (χ1) is 15.3. The molecule has 6 rings (SSSR count). The number of hydrogen-bond donors (Lipinski definition) is 0. The molecule has 4 bridgehead atoms. The van der Waals surface area contributed by atoms with Crippen LogP contribution in [0.25, 0.3) is 0 Å². The van der Waals surface area contributed by atoms with Gasteiger partial charge in [0.2, 0.25) is 0 Å². The molecule has 8 atom stereocenters. The zero-order valence-electron chi connectivity index (χ0n) is 19.0. The molecule has 4 saturated carbocycles. The first-order valence-electron chi connectivity index (χ1n) is 12.5. The molecule has 4 aliphatic carbocycles. The van der Waals surface area contributed by atoms with Gasteiger partial charge in [0.25, 0.3) is 0 Å². The number of ether oxygens (including phenoxy) is 2. The molecule has 0 aromatic heterocycles. The maximum absolute atomic E-state index is 6.43. The van der Waals surface area contributed by atoms with Gasteiger partial charge >= 0.3 is 200 Å². The van der Waals surface area contributed by atoms with Crippen molar-refractivity contribution < 1.29 is 34.0 Å². The molecule has 3 heteroatoms. The van der Waals surface area contributed by atoms with Crippen LogP contribution in [0.1, 0.15) is 49.7 Å². The van der Waals surface area contributed by atoms with E-state index in [1.54, 1.807) is 0 Å². The molecule has 2 nitrogen and oxygen atoms in total. The fourth-order valence-electron chi connectivity index (χ4n) is 9.04. The zero-order valence-corrected chi connectivity index (χ0v) is 24.5. The predicted octanol–water partition coefficient (Wildman–Crippen LogP) is 6.59. The summed E-state index contributed by atoms with van der Waals surface area (Å²) in [6, 6.07) is 22.4. The van der Waals surface area contributed by atoms with E-state index in [0.29, 0.717) is 0 Å². The summed E-state index contributed by atoms with van der Waals surface area (Å²) < 4.78 is 14.9. The molecule has 31 heavy (non-hydrogen) atoms. The topological polar surface area (TPSA) is 18.5 Å². The molecule has 4 aliphatic rings. The van der Waals surface area contributed by atoms with Gasteiger partial charge in [0.15, 0.2) is 0 Å². The van der Waals surface area contributed by atoms with E-state index >= 15 is 0 Å². The molecule has 160 valence electrons. The van der Waals surface area contributed by atoms with E-state index in [1.165, 1.54) is 49.7 Å². The second-order valence-corrected chi connectivity index (χ2v) is 19.7. The van der Waals surface area contributed by atoms with Crippen molar-refractivity contribution >= 4 is 0 Å². The summed E-state index contributed by atoms with van der Waals surface area (Å²) >= 11 is -1.15. The normalized spacial score (nSPS) is 42.8. The number of benzene rings is 2. The Labute approximate surface area is 199 Å². The second kappa shape index (κ2) is 7.96. The van der Waals surface area contributed by atoms with Gasteiger partial charge in [-0.15, -0.1) is 0 Å². The fraction of sp³-hybridized carbons (Fsp3) is 0.571. The van der Waals surface area contributed by atoms with Crippen molar-refractivity contribution in [2.24, 2.45) is 23.7 Å². The van der Waals surface area contributed by atoms with E-state index in [0.717, 1.165) is 30.5 Å². The Kier molecular flexibility index (Phi) is 5.36. The molecule has 0 saturated heterocycles. The van der Waals surface area contributed by atoms with E-state index in [-0.39, 0.29) is 11.2 Å². The van der Waals surface area contributed by atoms with Gasteiger partial charge in [0.1, 0.15) is 0 Å². The van der Waals surface area contributed by atoms with Crippen LogP contribution in [0.15, 0.2) is 60.7 Å². The van der Waals surface area contributed by atoms with E-state index in [9.17, 15) is 0 Å². The second-order valence-electron chi connectivity index (χ2n) is 10.6. The van der Waals surface area contributed by atoms with E-state index < -0.39 is 24.6 Å². The Hall–Kier alpha value is -0.705. The number of hydrogen-bond acceptors (Lipinski definition) is 2. The molecular weight excluding hydrogens is 569 g/mol. The maximum atomic E-state index is 6.43. The van der Waals surface area contributed by atoms with Crippen LogP contribution >= 0.6 is 0 Å². The van der Waals surface area contributed by atoms with Crippen LogP contribution in [0.2, 0.25) is 6.85 Å². The summed E-state index contributed by atoms with van der Waals surface area (Å²) in [7, 11) is 3.96. The Morgan fingerprint density at radius 1 is 0.613 bits per heavy atom. The van der Waals surface area contributed by atoms with Crippen LogP contribution in [-0.4, -0.2) is 14.2 Å². The molecule has 0 heterocycles. The molecule has 4 fully saturated rings. The van der Waals surface area contributed by atoms with E-state index in [4.69, 9.17) is 9.47 Å². The van der Waals surface area contributed by atoms with Crippen LogP contribution in [0, 0.1) is 23.7 Å². The SMILES string of the molecule is COC1(c2ccccc2)[C@@H]2CCC[C@H]1[CH]2[Hg][CH]1[C@H]2CCC[C@@H]1C2(OC)c1ccccc1. The number of fused-ring (bicyclic) bond motifs is 4. The van der Waals surface area contributed by atoms with Crippen molar-refractivity contribution in [1.82, 2.24) is 0 Å². The molecule has 0 spiro atoms. The van der Waals surface area contributed by atoms with Gasteiger partial charge < -0.3 is 0 Å². The summed E-state index contributed by atoms with van der Waals surface area (Å²) in [6.45, 7) is 0. The summed E-state index contributed by atoms with van der Waals surface area (Å²) in [5.74, 6) is 3.09. The molecule has 2 aromatic rings. The van der Waals surface area contributed by atoms with Crippen LogP contribution in [0.4, 0.5) is 0 Å². The summed E-state index contributed by atoms with van der Waals surface area (Å²) in [6.07, 6.45) is 8.31. The number of rotatable bonds is 6. The number of methoxy groups -OCH3 is 2. The molecule has 0 amide bonds. The van der Waals surface area contributed by atoms with Crippen LogP contribution < -0.4 is 0 Å². The van der Waals surface area contributed by atoms with Crippen LogP contribution in [-0.2, 0) is 45.3 Å². The Balaban J connectivity index is 1.27. The average molecular weight is 603 g/mol. The molecule has 2 aromatic carbocycles. The Morgan fingerprint density at radius 2 is 0.968 bits per heavy atom. The standard InChI is InChI=1S/2C14H17O.Hg/c2*1-15-14(11-6-3-2-4-7-11)12-8-5-9-13(14)10-12;/h2*2-4,6-7,10,12-13H,5,8-9H2,1H3;/t2*12-,13+,14?;. The van der Waals surface area contributed by atoms with Gasteiger partial charge in [-0.05, 0) is 0 Å². The first-order valence-corrected chi connectivity index (χ1v) is 18.8. The van der Waals surface area contributed by atoms with Gasteiger partial charge in [-0.1, -0.05) is 0 Å². The van der Waals surface area contributed by atoms with Gasteiger partial charge in [0, 0.05) is 0 Å². The zero-order chi connectivity index (χ0) is 21.1. The van der Waals surface area contributed by atoms with Crippen LogP contribution in [0.3, 0.4) is 0 Å². The summed E-state index contributed by atoms with van der Waals surface area (Å²) in [5.41, 5.74) is 2.92. The third-order valence-corrected chi connectivity index (χ3v) is 23.1. The first kappa shape index (κ1) is 20.9. The molecule has 0 radical (unpaired) electrons. The summed E-state index contributed by atoms with van der Waals surface area (Å²) in [4.78, 5) is 0. The van der Waals surface area contributed by atoms with Gasteiger partial charge in [-0.25, -0.2) is 0 Å². The quantitative estimate of drug-likeness (QED) is 0.347. The van der Waals surface area contributed by atoms with Crippen molar-refractivity contribution in [3.63, 3.8) is 0 Å². The van der Waals surface area contributed by atoms with E-state index in [1.807, 2.05) is 14.2 Å². The monoisotopic (exact) mass is 604 g/mol. The molecular formula is C28H34HgO2. The Morgan fingerprint density at radius 3 is 1.29 bits per heavy atom. The Bertz CT molecular complexity index is 814. The average Bonchev–Trinajstić information content (AvgIpc) is 2.86. The third kappa shape index (κ3) is 2.74. The van der Waals surface area contributed by atoms with E-state index in [2.05, 4.69) is 60.7 Å². The molecule has 0 N–H and O–H groups in total. The van der Waals surface area contributed by atoms with Crippen molar-refractivity contribution in [3.05, 3.63) is 71.8 Å². The van der Waals surface area contributed by atoms with Crippen molar-refractivity contribution in [1.29, 1.82) is 0 Å². The fourth-order valence-corrected chi connectivity index (χ4v) is 25.7. The third-order valence-electron chi connectivity index (χ3n) is 10.0. The van der Waals surface area contributed by atoms with Gasteiger partial charge in [0.05, 0.1) is 0 Å². The predicted molar refractivity (Wildman–Crippen MR) is 119 cm³/mol. The van der Waals surface area contributed by atoms with Gasteiger partial charge in [-0.3, -0.25) is 0 Å². The van der Waals surface area contributed by atoms with Crippen LogP contribution in [0.5, 0.6) is 0 Å². The van der Waals surface area contributed by atoms with Crippen molar-refractivity contribution in [2.75, 3.05) is 14.2 Å². The van der Waals surface area contributed by atoms with Gasteiger partial charge in [-0.2, -0.15) is 0 Å². The minimum absolute atomic E-state index is 0.0147. The van der Waals surface area contributed by atoms with Crippen molar-refractivity contribution in [3.8, 4) is 0 Å².